The third-order valence-electron chi connectivity index (χ3n) is 11.2. The lowest BCUT2D eigenvalue weighted by atomic mass is 9.92. The summed E-state index contributed by atoms with van der Waals surface area (Å²) in [6.45, 7) is 11.4. The maximum Gasteiger partial charge on any atom is 0.299 e. The van der Waals surface area contributed by atoms with Gasteiger partial charge in [-0.3, -0.25) is 0 Å². The number of rotatable bonds is 7. The molecular formula is C51H45N2O+. The van der Waals surface area contributed by atoms with Crippen LogP contribution in [-0.4, -0.2) is 4.57 Å². The van der Waals surface area contributed by atoms with Crippen LogP contribution in [0.25, 0.3) is 83.4 Å². The Morgan fingerprint density at radius 1 is 0.500 bits per heavy atom. The van der Waals surface area contributed by atoms with E-state index in [-0.39, 0.29) is 0 Å². The highest BCUT2D eigenvalue weighted by atomic mass is 16.3. The SMILES string of the molecule is Cc1ccc2c(oc3c(-c4ccc(-c5ccccc5-c5ccccc5)cc4)cccc32)c1-c1n(-c2c(C(C)C)cccc2C(C)C)c2ccccc2[n+]1C. The molecule has 264 valence electrons. The van der Waals surface area contributed by atoms with Crippen LogP contribution >= 0.6 is 0 Å². The van der Waals surface area contributed by atoms with Gasteiger partial charge in [-0.15, -0.1) is 0 Å². The first-order chi connectivity index (χ1) is 26.3. The summed E-state index contributed by atoms with van der Waals surface area (Å²) < 4.78 is 12.0. The Hall–Kier alpha value is -6.19. The van der Waals surface area contributed by atoms with Crippen LogP contribution in [0.4, 0.5) is 0 Å². The zero-order valence-corrected chi connectivity index (χ0v) is 31.9. The molecule has 0 aliphatic rings. The first kappa shape index (κ1) is 33.6. The number of hydrogen-bond donors (Lipinski definition) is 0. The third kappa shape index (κ3) is 5.38. The van der Waals surface area contributed by atoms with Crippen molar-refractivity contribution in [3.63, 3.8) is 0 Å². The molecule has 0 radical (unpaired) electrons. The summed E-state index contributed by atoms with van der Waals surface area (Å²) in [7, 11) is 2.20. The molecular weight excluding hydrogens is 657 g/mol. The molecule has 0 spiro atoms. The van der Waals surface area contributed by atoms with E-state index in [9.17, 15) is 0 Å². The van der Waals surface area contributed by atoms with E-state index in [1.165, 1.54) is 55.7 Å². The number of imidazole rings is 1. The standard InChI is InChI=1S/C51H45N2O/c1-32(2)38-20-14-21-39(33(3)4)48(38)53-46-25-13-12-24-45(46)52(6)51(53)47-34(5)26-31-44-43-23-15-22-42(49(43)54-50(44)47)37-29-27-36(28-30-37)41-19-11-10-18-40(41)35-16-8-7-9-17-35/h7-33H,1-6H3/q+1. The average Bonchev–Trinajstić information content (AvgIpc) is 3.72. The Labute approximate surface area is 317 Å². The number of furan rings is 1. The predicted molar refractivity (Wildman–Crippen MR) is 226 cm³/mol. The number of para-hydroxylation sites is 4. The maximum absolute atomic E-state index is 7.17. The lowest BCUT2D eigenvalue weighted by Crippen LogP contribution is -2.30. The summed E-state index contributed by atoms with van der Waals surface area (Å²) in [5.41, 5.74) is 17.5. The van der Waals surface area contributed by atoms with E-state index in [1.54, 1.807) is 0 Å². The van der Waals surface area contributed by atoms with Crippen LogP contribution in [0.3, 0.4) is 0 Å². The number of benzene rings is 7. The number of fused-ring (bicyclic) bond motifs is 4. The van der Waals surface area contributed by atoms with Crippen LogP contribution in [0, 0.1) is 6.92 Å². The molecule has 0 unspecified atom stereocenters. The second-order valence-electron chi connectivity index (χ2n) is 15.2. The Balaban J connectivity index is 1.26. The van der Waals surface area contributed by atoms with Crippen molar-refractivity contribution in [3.05, 3.63) is 168 Å². The predicted octanol–water partition coefficient (Wildman–Crippen LogP) is 13.6. The van der Waals surface area contributed by atoms with Gasteiger partial charge < -0.3 is 4.42 Å². The van der Waals surface area contributed by atoms with E-state index in [0.717, 1.165) is 44.5 Å². The van der Waals surface area contributed by atoms with Gasteiger partial charge in [-0.25, -0.2) is 4.57 Å². The lowest BCUT2D eigenvalue weighted by Gasteiger charge is -2.18. The van der Waals surface area contributed by atoms with Crippen LogP contribution in [0.15, 0.2) is 156 Å². The smallest absolute Gasteiger partial charge is 0.299 e. The molecule has 0 bridgehead atoms. The largest absolute Gasteiger partial charge is 0.454 e. The minimum Gasteiger partial charge on any atom is -0.454 e. The van der Waals surface area contributed by atoms with Gasteiger partial charge in [0, 0.05) is 27.5 Å². The van der Waals surface area contributed by atoms with E-state index in [4.69, 9.17) is 4.42 Å². The van der Waals surface area contributed by atoms with Crippen molar-refractivity contribution in [2.24, 2.45) is 7.05 Å². The fourth-order valence-corrected chi connectivity index (χ4v) is 8.49. The Bertz CT molecular complexity index is 2810. The Morgan fingerprint density at radius 2 is 1.04 bits per heavy atom. The van der Waals surface area contributed by atoms with E-state index < -0.39 is 0 Å². The zero-order valence-electron chi connectivity index (χ0n) is 31.9. The van der Waals surface area contributed by atoms with Crippen LogP contribution < -0.4 is 4.57 Å². The van der Waals surface area contributed by atoms with Crippen molar-refractivity contribution >= 4 is 33.0 Å². The van der Waals surface area contributed by atoms with E-state index in [2.05, 4.69) is 202 Å². The average molecular weight is 702 g/mol. The summed E-state index contributed by atoms with van der Waals surface area (Å²) in [6.07, 6.45) is 0. The van der Waals surface area contributed by atoms with Crippen molar-refractivity contribution in [1.82, 2.24) is 4.57 Å². The van der Waals surface area contributed by atoms with Gasteiger partial charge in [0.05, 0.1) is 7.05 Å². The Morgan fingerprint density at radius 3 is 1.70 bits per heavy atom. The van der Waals surface area contributed by atoms with Crippen molar-refractivity contribution in [2.45, 2.75) is 46.5 Å². The van der Waals surface area contributed by atoms with Gasteiger partial charge in [0.2, 0.25) is 0 Å². The number of nitrogens with zero attached hydrogens (tertiary/aromatic N) is 2. The molecule has 0 amide bonds. The van der Waals surface area contributed by atoms with Crippen molar-refractivity contribution in [1.29, 1.82) is 0 Å². The molecule has 3 nitrogen and oxygen atoms in total. The fraction of sp³-hybridized carbons (Fsp3) is 0.157. The molecule has 0 aliphatic heterocycles. The molecule has 0 N–H and O–H groups in total. The van der Waals surface area contributed by atoms with E-state index in [0.29, 0.717) is 11.8 Å². The maximum atomic E-state index is 7.17. The fourth-order valence-electron chi connectivity index (χ4n) is 8.49. The van der Waals surface area contributed by atoms with Crippen LogP contribution in [-0.2, 0) is 7.05 Å². The number of hydrogen-bond acceptors (Lipinski definition) is 1. The van der Waals surface area contributed by atoms with Gasteiger partial charge in [-0.1, -0.05) is 167 Å². The summed E-state index contributed by atoms with van der Waals surface area (Å²) in [6, 6.07) is 54.9. The summed E-state index contributed by atoms with van der Waals surface area (Å²) in [5, 5.41) is 2.25. The third-order valence-corrected chi connectivity index (χ3v) is 11.2. The van der Waals surface area contributed by atoms with E-state index >= 15 is 0 Å². The molecule has 7 aromatic carbocycles. The molecule has 0 saturated heterocycles. The second-order valence-corrected chi connectivity index (χ2v) is 15.2. The summed E-state index contributed by atoms with van der Waals surface area (Å²) in [4.78, 5) is 0. The second kappa shape index (κ2) is 13.3. The van der Waals surface area contributed by atoms with Gasteiger partial charge in [-0.2, -0.15) is 4.57 Å². The quantitative estimate of drug-likeness (QED) is 0.152. The molecule has 54 heavy (non-hydrogen) atoms. The summed E-state index contributed by atoms with van der Waals surface area (Å²) >= 11 is 0. The molecule has 9 rings (SSSR count). The molecule has 0 saturated carbocycles. The van der Waals surface area contributed by atoms with Crippen LogP contribution in [0.2, 0.25) is 0 Å². The zero-order chi connectivity index (χ0) is 37.1. The molecule has 0 aliphatic carbocycles. The first-order valence-electron chi connectivity index (χ1n) is 19.1. The number of aryl methyl sites for hydroxylation is 2. The monoisotopic (exact) mass is 701 g/mol. The van der Waals surface area contributed by atoms with Gasteiger partial charge in [0.25, 0.3) is 5.82 Å². The van der Waals surface area contributed by atoms with Crippen molar-refractivity contribution in [3.8, 4) is 50.5 Å². The highest BCUT2D eigenvalue weighted by molar-refractivity contribution is 6.13. The first-order valence-corrected chi connectivity index (χ1v) is 19.1. The van der Waals surface area contributed by atoms with E-state index in [1.807, 2.05) is 0 Å². The van der Waals surface area contributed by atoms with Gasteiger partial charge in [0.15, 0.2) is 16.6 Å². The Kier molecular flexibility index (Phi) is 8.31. The van der Waals surface area contributed by atoms with Crippen LogP contribution in [0.5, 0.6) is 0 Å². The lowest BCUT2D eigenvalue weighted by molar-refractivity contribution is -0.633. The molecule has 3 heteroatoms. The molecule has 9 aromatic rings. The minimum absolute atomic E-state index is 0.349. The van der Waals surface area contributed by atoms with Gasteiger partial charge >= 0.3 is 0 Å². The molecule has 0 fully saturated rings. The topological polar surface area (TPSA) is 21.9 Å². The number of aromatic nitrogens is 2. The highest BCUT2D eigenvalue weighted by Crippen LogP contribution is 2.44. The summed E-state index contributed by atoms with van der Waals surface area (Å²) in [5.74, 6) is 1.82. The minimum atomic E-state index is 0.349. The highest BCUT2D eigenvalue weighted by Gasteiger charge is 2.33. The van der Waals surface area contributed by atoms with Crippen LogP contribution in [0.1, 0.15) is 56.2 Å². The van der Waals surface area contributed by atoms with Gasteiger partial charge in [0.1, 0.15) is 16.8 Å². The normalized spacial score (nSPS) is 11.9. The van der Waals surface area contributed by atoms with Crippen molar-refractivity contribution < 1.29 is 8.98 Å². The molecule has 2 aromatic heterocycles. The van der Waals surface area contributed by atoms with Crippen molar-refractivity contribution in [2.75, 3.05) is 0 Å². The molecule has 2 heterocycles. The van der Waals surface area contributed by atoms with Gasteiger partial charge in [-0.05, 0) is 64.3 Å². The molecule has 0 atom stereocenters.